The summed E-state index contributed by atoms with van der Waals surface area (Å²) in [5.41, 5.74) is 10.9. The van der Waals surface area contributed by atoms with E-state index in [2.05, 4.69) is 26.7 Å². The molecule has 0 bridgehead atoms. The number of aromatic nitrogens is 1. The number of carbonyl (C=O) groups excluding carboxylic acids is 2. The molecule has 188 valence electrons. The zero-order chi connectivity index (χ0) is 27.2. The van der Waals surface area contributed by atoms with Crippen LogP contribution in [-0.2, 0) is 10.2 Å². The number of nitrogens with one attached hydrogen (secondary N) is 1. The maximum absolute atomic E-state index is 13.0. The molecule has 3 aromatic rings. The number of hydrogen-bond acceptors (Lipinski definition) is 4. The number of amides is 2. The molecule has 0 aliphatic rings. The molecule has 0 saturated heterocycles. The van der Waals surface area contributed by atoms with Gasteiger partial charge in [-0.3, -0.25) is 14.6 Å². The van der Waals surface area contributed by atoms with E-state index >= 15 is 0 Å². The molecule has 0 spiro atoms. The Kier molecular flexibility index (Phi) is 11.1. The van der Waals surface area contributed by atoms with Gasteiger partial charge in [-0.2, -0.15) is 10.3 Å². The smallest absolute Gasteiger partial charge is 0.686 e. The van der Waals surface area contributed by atoms with Crippen LogP contribution in [0.2, 0.25) is 0 Å². The number of nitrogens with two attached hydrogens (primary N) is 1. The number of rotatable bonds is 7. The Labute approximate surface area is 265 Å². The Hall–Kier alpha value is -3.13. The van der Waals surface area contributed by atoms with Crippen molar-refractivity contribution in [1.82, 2.24) is 4.98 Å². The Morgan fingerprint density at radius 1 is 1.13 bits per heavy atom. The van der Waals surface area contributed by atoms with Gasteiger partial charge < -0.3 is 16.4 Å². The summed E-state index contributed by atoms with van der Waals surface area (Å²) < 4.78 is 0. The summed E-state index contributed by atoms with van der Waals surface area (Å²) >= 11 is 0. The largest absolute Gasteiger partial charge is 1.00 e. The molecule has 2 aromatic carbocycles. The second kappa shape index (κ2) is 13.6. The third kappa shape index (κ3) is 7.93. The number of nitrogens with zero attached hydrogens (tertiary/aromatic N) is 4. The summed E-state index contributed by atoms with van der Waals surface area (Å²) in [5.74, 6) is -0.600. The molecule has 3 rings (SSSR count). The van der Waals surface area contributed by atoms with Gasteiger partial charge >= 0.3 is 51.4 Å². The minimum absolute atomic E-state index is 0. The monoisotopic (exact) mass is 532 g/mol. The van der Waals surface area contributed by atoms with E-state index in [0.29, 0.717) is 22.6 Å². The number of carbonyl (C=O) groups is 2. The first kappa shape index (κ1) is 31.1. The number of benzene rings is 2. The maximum atomic E-state index is 13.0. The van der Waals surface area contributed by atoms with E-state index in [0.717, 1.165) is 22.3 Å². The van der Waals surface area contributed by atoms with E-state index in [1.165, 1.54) is 13.1 Å². The molecule has 0 aliphatic heterocycles. The number of amidine groups is 1. The molecule has 0 saturated carbocycles. The van der Waals surface area contributed by atoms with Crippen molar-refractivity contribution in [2.45, 2.75) is 33.1 Å². The average Bonchev–Trinajstić information content (AvgIpc) is 2.88. The van der Waals surface area contributed by atoms with Gasteiger partial charge in [0.25, 0.3) is 5.91 Å². The van der Waals surface area contributed by atoms with Crippen LogP contribution in [0.4, 0.5) is 5.69 Å². The zero-order valence-corrected chi connectivity index (χ0v) is 25.7. The Balaban J connectivity index is 0.00000507. The van der Waals surface area contributed by atoms with Crippen molar-refractivity contribution >= 4 is 29.0 Å². The van der Waals surface area contributed by atoms with Gasteiger partial charge in [0, 0.05) is 24.4 Å². The van der Waals surface area contributed by atoms with E-state index in [1.54, 1.807) is 39.1 Å². The summed E-state index contributed by atoms with van der Waals surface area (Å²) in [6.07, 6.45) is 3.09. The molecule has 2 amide bonds. The maximum Gasteiger partial charge on any atom is 1.00 e. The predicted molar refractivity (Wildman–Crippen MR) is 147 cm³/mol. The van der Waals surface area contributed by atoms with Gasteiger partial charge in [-0.25, -0.2) is 0 Å². The van der Waals surface area contributed by atoms with E-state index in [4.69, 9.17) is 5.73 Å². The summed E-state index contributed by atoms with van der Waals surface area (Å²) in [4.78, 5) is 32.2. The van der Waals surface area contributed by atoms with Crippen LogP contribution in [-0.4, -0.2) is 29.7 Å². The molecule has 1 aromatic heterocycles. The van der Waals surface area contributed by atoms with Gasteiger partial charge in [-0.15, -0.1) is 12.7 Å². The van der Waals surface area contributed by atoms with Crippen LogP contribution in [0, 0.1) is 18.3 Å². The quantitative estimate of drug-likeness (QED) is 0.274. The first-order chi connectivity index (χ1) is 17.5. The minimum atomic E-state index is -0.807. The number of aliphatic imine (C=N–C) groups is 1. The van der Waals surface area contributed by atoms with Crippen molar-refractivity contribution < 1.29 is 61.0 Å². The Bertz CT molecular complexity index is 1450. The van der Waals surface area contributed by atoms with E-state index in [9.17, 15) is 14.9 Å². The van der Waals surface area contributed by atoms with Gasteiger partial charge in [-0.1, -0.05) is 24.3 Å². The molecule has 1 heterocycles. The van der Waals surface area contributed by atoms with Crippen molar-refractivity contribution in [3.63, 3.8) is 0 Å². The van der Waals surface area contributed by atoms with E-state index < -0.39 is 5.41 Å². The molecular formula is C29H29KN6O2. The fourth-order valence-electron chi connectivity index (χ4n) is 3.66. The molecule has 9 heteroatoms. The number of aryl methyl sites for hydroxylation is 1. The fraction of sp³-hybridized carbons (Fsp3) is 0.207. The molecule has 0 aliphatic carbocycles. The van der Waals surface area contributed by atoms with Crippen LogP contribution in [0.1, 0.15) is 48.0 Å². The molecule has 0 fully saturated rings. The van der Waals surface area contributed by atoms with Crippen LogP contribution < -0.4 is 62.4 Å². The first-order valence-electron chi connectivity index (χ1n) is 11.6. The number of nitriles is 1. The standard InChI is InChI=1S/C29H30N6O2.K/c1-18-9-10-23(35-28(37)22-11-12-33-26(14-22)29(3,4)17-30)15-24(18)20-7-6-8-21(13-20)25(32-5)16-27(31)34-19(2)36;/h6-16H,1-5H3,(H4,31,32,34,35,36,37);/q;+1/p-1. The fourth-order valence-corrected chi connectivity index (χ4v) is 3.66. The van der Waals surface area contributed by atoms with Gasteiger partial charge in [0.15, 0.2) is 0 Å². The summed E-state index contributed by atoms with van der Waals surface area (Å²) in [5, 5.41) is 16.6. The van der Waals surface area contributed by atoms with Crippen molar-refractivity contribution in [2.75, 3.05) is 12.4 Å². The molecule has 3 N–H and O–H groups in total. The molecular weight excluding hydrogens is 503 g/mol. The minimum Gasteiger partial charge on any atom is -0.686 e. The van der Waals surface area contributed by atoms with Crippen molar-refractivity contribution in [1.29, 1.82) is 5.26 Å². The van der Waals surface area contributed by atoms with Crippen molar-refractivity contribution in [3.8, 4) is 17.2 Å². The number of pyridine rings is 1. The van der Waals surface area contributed by atoms with Crippen LogP contribution in [0.3, 0.4) is 0 Å². The predicted octanol–water partition coefficient (Wildman–Crippen LogP) is 2.36. The molecule has 0 unspecified atom stereocenters. The average molecular weight is 533 g/mol. The van der Waals surface area contributed by atoms with Gasteiger partial charge in [-0.05, 0) is 79.4 Å². The van der Waals surface area contributed by atoms with E-state index in [-0.39, 0.29) is 69.0 Å². The molecule has 0 radical (unpaired) electrons. The Morgan fingerprint density at radius 3 is 2.53 bits per heavy atom. The normalized spacial score (nSPS) is 11.7. The third-order valence-electron chi connectivity index (χ3n) is 5.72. The SMILES string of the molecule is C[N-]/C(=C\C(N)=NC(C)=O)c1cccc(-c2cc(NC(=O)c3ccnc(C(C)(C)C#N)c3)ccc2C)c1.[K+]. The van der Waals surface area contributed by atoms with Crippen LogP contribution >= 0.6 is 0 Å². The summed E-state index contributed by atoms with van der Waals surface area (Å²) in [6.45, 7) is 6.84. The zero-order valence-electron chi connectivity index (χ0n) is 22.5. The van der Waals surface area contributed by atoms with Crippen molar-refractivity contribution in [2.24, 2.45) is 10.7 Å². The molecule has 8 nitrogen and oxygen atoms in total. The summed E-state index contributed by atoms with van der Waals surface area (Å²) in [6, 6.07) is 18.9. The van der Waals surface area contributed by atoms with Gasteiger partial charge in [0.2, 0.25) is 5.91 Å². The number of anilines is 1. The van der Waals surface area contributed by atoms with Crippen LogP contribution in [0.25, 0.3) is 22.1 Å². The molecule has 38 heavy (non-hydrogen) atoms. The Morgan fingerprint density at radius 2 is 1.87 bits per heavy atom. The topological polar surface area (TPSA) is 135 Å². The molecule has 0 atom stereocenters. The summed E-state index contributed by atoms with van der Waals surface area (Å²) in [7, 11) is 1.64. The number of hydrogen-bond donors (Lipinski definition) is 2. The second-order valence-electron chi connectivity index (χ2n) is 9.04. The van der Waals surface area contributed by atoms with Gasteiger partial charge in [0.05, 0.1) is 17.2 Å². The van der Waals surface area contributed by atoms with Crippen LogP contribution in [0.5, 0.6) is 0 Å². The van der Waals surface area contributed by atoms with E-state index in [1.807, 2.05) is 49.4 Å². The van der Waals surface area contributed by atoms with Gasteiger partial charge in [0.1, 0.15) is 5.84 Å². The van der Waals surface area contributed by atoms with Crippen molar-refractivity contribution in [3.05, 3.63) is 94.6 Å². The first-order valence-corrected chi connectivity index (χ1v) is 11.6. The van der Waals surface area contributed by atoms with Crippen LogP contribution in [0.15, 0.2) is 71.9 Å². The second-order valence-corrected chi connectivity index (χ2v) is 9.04. The third-order valence-corrected chi connectivity index (χ3v) is 5.72.